The normalized spacial score (nSPS) is 15.1. The van der Waals surface area contributed by atoms with Gasteiger partial charge in [-0.3, -0.25) is 0 Å². The van der Waals surface area contributed by atoms with Gasteiger partial charge in [-0.2, -0.15) is 0 Å². The van der Waals surface area contributed by atoms with Crippen molar-refractivity contribution in [1.82, 2.24) is 5.32 Å². The van der Waals surface area contributed by atoms with Crippen LogP contribution in [-0.2, 0) is 6.42 Å². The van der Waals surface area contributed by atoms with Crippen molar-refractivity contribution in [3.8, 4) is 5.75 Å². The molecular weight excluding hydrogens is 198 g/mol. The van der Waals surface area contributed by atoms with E-state index in [1.54, 1.807) is 0 Å². The molecule has 88 valence electrons. The first-order valence-electron chi connectivity index (χ1n) is 6.33. The maximum atomic E-state index is 5.65. The van der Waals surface area contributed by atoms with Crippen LogP contribution in [0, 0.1) is 0 Å². The van der Waals surface area contributed by atoms with Crippen LogP contribution in [0.25, 0.3) is 0 Å². The molecule has 16 heavy (non-hydrogen) atoms. The Hall–Kier alpha value is -1.02. The molecular formula is C14H21NO. The van der Waals surface area contributed by atoms with Gasteiger partial charge in [0.15, 0.2) is 0 Å². The van der Waals surface area contributed by atoms with Crippen molar-refractivity contribution in [3.05, 3.63) is 29.8 Å². The molecule has 1 fully saturated rings. The number of hydrogen-bond acceptors (Lipinski definition) is 2. The minimum Gasteiger partial charge on any atom is -0.492 e. The molecule has 0 radical (unpaired) electrons. The number of ether oxygens (including phenoxy) is 1. The van der Waals surface area contributed by atoms with Crippen LogP contribution < -0.4 is 10.1 Å². The SMILES string of the molecule is CCCc1ccc(OCCNC2CC2)cc1. The summed E-state index contributed by atoms with van der Waals surface area (Å²) in [6, 6.07) is 9.24. The molecule has 0 atom stereocenters. The summed E-state index contributed by atoms with van der Waals surface area (Å²) in [6.45, 7) is 3.93. The van der Waals surface area contributed by atoms with Crippen molar-refractivity contribution in [1.29, 1.82) is 0 Å². The molecule has 0 saturated heterocycles. The average molecular weight is 219 g/mol. The number of aryl methyl sites for hydroxylation is 1. The zero-order valence-corrected chi connectivity index (χ0v) is 10.0. The van der Waals surface area contributed by atoms with E-state index in [2.05, 4.69) is 36.5 Å². The lowest BCUT2D eigenvalue weighted by Crippen LogP contribution is -2.22. The molecule has 2 rings (SSSR count). The van der Waals surface area contributed by atoms with E-state index in [9.17, 15) is 0 Å². The molecule has 1 aliphatic rings. The predicted octanol–water partition coefficient (Wildman–Crippen LogP) is 2.77. The molecule has 0 aliphatic heterocycles. The Balaban J connectivity index is 1.67. The van der Waals surface area contributed by atoms with Gasteiger partial charge in [0.1, 0.15) is 12.4 Å². The maximum Gasteiger partial charge on any atom is 0.119 e. The van der Waals surface area contributed by atoms with Crippen molar-refractivity contribution in [2.24, 2.45) is 0 Å². The van der Waals surface area contributed by atoms with Crippen LogP contribution in [0.15, 0.2) is 24.3 Å². The molecule has 1 aliphatic carbocycles. The third-order valence-electron chi connectivity index (χ3n) is 2.84. The molecule has 1 N–H and O–H groups in total. The third-order valence-corrected chi connectivity index (χ3v) is 2.84. The van der Waals surface area contributed by atoms with Gasteiger partial charge in [0.25, 0.3) is 0 Å². The molecule has 0 bridgehead atoms. The molecule has 0 heterocycles. The van der Waals surface area contributed by atoms with E-state index in [4.69, 9.17) is 4.74 Å². The number of nitrogens with one attached hydrogen (secondary N) is 1. The lowest BCUT2D eigenvalue weighted by molar-refractivity contribution is 0.313. The van der Waals surface area contributed by atoms with E-state index in [0.717, 1.165) is 31.4 Å². The van der Waals surface area contributed by atoms with Gasteiger partial charge in [0.05, 0.1) is 0 Å². The average Bonchev–Trinajstić information content (AvgIpc) is 3.11. The summed E-state index contributed by atoms with van der Waals surface area (Å²) in [5, 5.41) is 3.43. The fourth-order valence-corrected chi connectivity index (χ4v) is 1.76. The zero-order valence-electron chi connectivity index (χ0n) is 10.0. The fourth-order valence-electron chi connectivity index (χ4n) is 1.76. The lowest BCUT2D eigenvalue weighted by Gasteiger charge is -2.07. The highest BCUT2D eigenvalue weighted by atomic mass is 16.5. The smallest absolute Gasteiger partial charge is 0.119 e. The van der Waals surface area contributed by atoms with E-state index in [1.807, 2.05) is 0 Å². The second-order valence-corrected chi connectivity index (χ2v) is 4.47. The Labute approximate surface area is 98.0 Å². The molecule has 2 nitrogen and oxygen atoms in total. The van der Waals surface area contributed by atoms with Crippen molar-refractivity contribution >= 4 is 0 Å². The van der Waals surface area contributed by atoms with Crippen LogP contribution in [0.4, 0.5) is 0 Å². The first kappa shape index (κ1) is 11.5. The monoisotopic (exact) mass is 219 g/mol. The number of hydrogen-bond donors (Lipinski definition) is 1. The Morgan fingerprint density at radius 3 is 2.62 bits per heavy atom. The summed E-state index contributed by atoms with van der Waals surface area (Å²) in [4.78, 5) is 0. The Bertz CT molecular complexity index is 303. The molecule has 0 unspecified atom stereocenters. The Morgan fingerprint density at radius 2 is 2.00 bits per heavy atom. The van der Waals surface area contributed by atoms with E-state index in [-0.39, 0.29) is 0 Å². The Kier molecular flexibility index (Phi) is 4.23. The van der Waals surface area contributed by atoms with Crippen molar-refractivity contribution < 1.29 is 4.74 Å². The molecule has 0 aromatic heterocycles. The molecule has 0 amide bonds. The van der Waals surface area contributed by atoms with Crippen LogP contribution >= 0.6 is 0 Å². The highest BCUT2D eigenvalue weighted by Gasteiger charge is 2.19. The minimum absolute atomic E-state index is 0.767. The summed E-state index contributed by atoms with van der Waals surface area (Å²) in [6.07, 6.45) is 5.03. The van der Waals surface area contributed by atoms with Crippen LogP contribution in [0.5, 0.6) is 5.75 Å². The van der Waals surface area contributed by atoms with Crippen molar-refractivity contribution in [3.63, 3.8) is 0 Å². The standard InChI is InChI=1S/C14H21NO/c1-2-3-12-4-8-14(9-5-12)16-11-10-15-13-6-7-13/h4-5,8-9,13,15H,2-3,6-7,10-11H2,1H3. The van der Waals surface area contributed by atoms with Gasteiger partial charge < -0.3 is 10.1 Å². The minimum atomic E-state index is 0.767. The first-order chi connectivity index (χ1) is 7.88. The largest absolute Gasteiger partial charge is 0.492 e. The second kappa shape index (κ2) is 5.90. The highest BCUT2D eigenvalue weighted by molar-refractivity contribution is 5.27. The van der Waals surface area contributed by atoms with E-state index >= 15 is 0 Å². The van der Waals surface area contributed by atoms with Gasteiger partial charge in [-0.05, 0) is 37.0 Å². The fraction of sp³-hybridized carbons (Fsp3) is 0.571. The van der Waals surface area contributed by atoms with Gasteiger partial charge in [-0.25, -0.2) is 0 Å². The summed E-state index contributed by atoms with van der Waals surface area (Å²) >= 11 is 0. The maximum absolute atomic E-state index is 5.65. The van der Waals surface area contributed by atoms with Crippen LogP contribution in [-0.4, -0.2) is 19.2 Å². The van der Waals surface area contributed by atoms with Gasteiger partial charge in [0.2, 0.25) is 0 Å². The Morgan fingerprint density at radius 1 is 1.25 bits per heavy atom. The second-order valence-electron chi connectivity index (χ2n) is 4.47. The molecule has 2 heteroatoms. The van der Waals surface area contributed by atoms with Crippen LogP contribution in [0.1, 0.15) is 31.7 Å². The van der Waals surface area contributed by atoms with Crippen molar-refractivity contribution in [2.45, 2.75) is 38.6 Å². The van der Waals surface area contributed by atoms with E-state index < -0.39 is 0 Å². The summed E-state index contributed by atoms with van der Waals surface area (Å²) in [7, 11) is 0. The zero-order chi connectivity index (χ0) is 11.2. The predicted molar refractivity (Wildman–Crippen MR) is 67.0 cm³/mol. The number of benzene rings is 1. The summed E-state index contributed by atoms with van der Waals surface area (Å²) in [5.74, 6) is 0.984. The van der Waals surface area contributed by atoms with E-state index in [1.165, 1.54) is 24.8 Å². The van der Waals surface area contributed by atoms with Gasteiger partial charge in [0, 0.05) is 12.6 Å². The molecule has 1 aromatic rings. The van der Waals surface area contributed by atoms with E-state index in [0.29, 0.717) is 0 Å². The quantitative estimate of drug-likeness (QED) is 0.712. The lowest BCUT2D eigenvalue weighted by atomic mass is 10.1. The number of rotatable bonds is 7. The molecule has 1 saturated carbocycles. The molecule has 1 aromatic carbocycles. The third kappa shape index (κ3) is 3.86. The van der Waals surface area contributed by atoms with Gasteiger partial charge in [-0.1, -0.05) is 25.5 Å². The summed E-state index contributed by atoms with van der Waals surface area (Å²) in [5.41, 5.74) is 1.39. The van der Waals surface area contributed by atoms with Gasteiger partial charge in [-0.15, -0.1) is 0 Å². The van der Waals surface area contributed by atoms with Gasteiger partial charge >= 0.3 is 0 Å². The highest BCUT2D eigenvalue weighted by Crippen LogP contribution is 2.18. The topological polar surface area (TPSA) is 21.3 Å². The molecule has 0 spiro atoms. The van der Waals surface area contributed by atoms with Crippen LogP contribution in [0.3, 0.4) is 0 Å². The van der Waals surface area contributed by atoms with Crippen molar-refractivity contribution in [2.75, 3.05) is 13.2 Å². The van der Waals surface area contributed by atoms with Crippen LogP contribution in [0.2, 0.25) is 0 Å². The first-order valence-corrected chi connectivity index (χ1v) is 6.33. The summed E-state index contributed by atoms with van der Waals surface area (Å²) < 4.78 is 5.65.